The molecule has 0 aliphatic rings. The highest BCUT2D eigenvalue weighted by Crippen LogP contribution is 2.22. The SMILES string of the molecule is CCn1c(C)cc(C(=O)CSc2nnc(Cc3cccs3)n2C)c1C. The minimum Gasteiger partial charge on any atom is -0.349 e. The van der Waals surface area contributed by atoms with Crippen molar-refractivity contribution in [2.24, 2.45) is 7.05 Å². The largest absolute Gasteiger partial charge is 0.349 e. The van der Waals surface area contributed by atoms with Crippen LogP contribution < -0.4 is 0 Å². The minimum absolute atomic E-state index is 0.139. The smallest absolute Gasteiger partial charge is 0.191 e. The van der Waals surface area contributed by atoms with E-state index in [4.69, 9.17) is 0 Å². The van der Waals surface area contributed by atoms with E-state index in [1.165, 1.54) is 16.6 Å². The van der Waals surface area contributed by atoms with Crippen LogP contribution in [0.15, 0.2) is 28.7 Å². The minimum atomic E-state index is 0.139. The van der Waals surface area contributed by atoms with E-state index in [0.717, 1.165) is 40.9 Å². The van der Waals surface area contributed by atoms with Gasteiger partial charge >= 0.3 is 0 Å². The topological polar surface area (TPSA) is 52.7 Å². The molecular weight excluding hydrogens is 352 g/mol. The number of hydrogen-bond donors (Lipinski definition) is 0. The summed E-state index contributed by atoms with van der Waals surface area (Å²) in [6.07, 6.45) is 0.771. The summed E-state index contributed by atoms with van der Waals surface area (Å²) in [6.45, 7) is 7.03. The van der Waals surface area contributed by atoms with Crippen LogP contribution in [0, 0.1) is 13.8 Å². The van der Waals surface area contributed by atoms with Crippen LogP contribution in [0.1, 0.15) is 39.4 Å². The zero-order valence-corrected chi connectivity index (χ0v) is 16.6. The molecule has 25 heavy (non-hydrogen) atoms. The molecule has 3 aromatic rings. The Morgan fingerprint density at radius 3 is 2.76 bits per heavy atom. The molecule has 0 aromatic carbocycles. The summed E-state index contributed by atoms with van der Waals surface area (Å²) in [4.78, 5) is 13.9. The third-order valence-electron chi connectivity index (χ3n) is 4.36. The molecule has 0 aliphatic heterocycles. The molecule has 0 atom stereocenters. The first-order valence-corrected chi connectivity index (χ1v) is 10.1. The highest BCUT2D eigenvalue weighted by molar-refractivity contribution is 7.99. The molecule has 0 N–H and O–H groups in total. The van der Waals surface area contributed by atoms with Crippen molar-refractivity contribution in [3.63, 3.8) is 0 Å². The summed E-state index contributed by atoms with van der Waals surface area (Å²) in [5.74, 6) is 1.43. The molecule has 0 spiro atoms. The average Bonchev–Trinajstić information content (AvgIpc) is 3.28. The van der Waals surface area contributed by atoms with Crippen molar-refractivity contribution in [2.45, 2.75) is 38.9 Å². The van der Waals surface area contributed by atoms with Gasteiger partial charge in [0.25, 0.3) is 0 Å². The van der Waals surface area contributed by atoms with Crippen molar-refractivity contribution in [2.75, 3.05) is 5.75 Å². The number of hydrogen-bond acceptors (Lipinski definition) is 5. The van der Waals surface area contributed by atoms with Crippen molar-refractivity contribution in [3.8, 4) is 0 Å². The van der Waals surface area contributed by atoms with E-state index in [1.807, 2.05) is 37.6 Å². The second-order valence-corrected chi connectivity index (χ2v) is 7.93. The predicted octanol–water partition coefficient (Wildman–Crippen LogP) is 3.88. The van der Waals surface area contributed by atoms with Gasteiger partial charge in [-0.15, -0.1) is 21.5 Å². The molecular formula is C18H22N4OS2. The lowest BCUT2D eigenvalue weighted by Crippen LogP contribution is -2.07. The van der Waals surface area contributed by atoms with E-state index < -0.39 is 0 Å². The van der Waals surface area contributed by atoms with Crippen molar-refractivity contribution in [1.82, 2.24) is 19.3 Å². The number of thioether (sulfide) groups is 1. The standard InChI is InChI=1S/C18H22N4OS2/c1-5-22-12(2)9-15(13(22)3)16(23)11-25-18-20-19-17(21(18)4)10-14-7-6-8-24-14/h6-9H,5,10-11H2,1-4H3. The Bertz CT molecular complexity index is 877. The zero-order valence-electron chi connectivity index (χ0n) is 14.9. The normalized spacial score (nSPS) is 11.2. The molecule has 132 valence electrons. The maximum absolute atomic E-state index is 12.6. The summed E-state index contributed by atoms with van der Waals surface area (Å²) < 4.78 is 4.15. The van der Waals surface area contributed by atoms with Crippen LogP contribution in [-0.4, -0.2) is 30.9 Å². The lowest BCUT2D eigenvalue weighted by molar-refractivity contribution is 0.102. The molecule has 0 saturated carbocycles. The van der Waals surface area contributed by atoms with Crippen LogP contribution in [0.2, 0.25) is 0 Å². The predicted molar refractivity (Wildman–Crippen MR) is 103 cm³/mol. The van der Waals surface area contributed by atoms with Gasteiger partial charge in [-0.3, -0.25) is 4.79 Å². The first-order chi connectivity index (χ1) is 12.0. The van der Waals surface area contributed by atoms with Gasteiger partial charge in [0.05, 0.1) is 5.75 Å². The molecule has 0 radical (unpaired) electrons. The molecule has 0 unspecified atom stereocenters. The molecule has 7 heteroatoms. The summed E-state index contributed by atoms with van der Waals surface area (Å²) >= 11 is 3.16. The van der Waals surface area contributed by atoms with E-state index in [-0.39, 0.29) is 5.78 Å². The number of aryl methyl sites for hydroxylation is 1. The number of aromatic nitrogens is 4. The van der Waals surface area contributed by atoms with Crippen molar-refractivity contribution >= 4 is 28.9 Å². The molecule has 0 fully saturated rings. The van der Waals surface area contributed by atoms with Crippen LogP contribution in [0.4, 0.5) is 0 Å². The van der Waals surface area contributed by atoms with Gasteiger partial charge in [0.15, 0.2) is 10.9 Å². The summed E-state index contributed by atoms with van der Waals surface area (Å²) in [5, 5.41) is 11.4. The number of Topliss-reactive ketones (excluding diaryl/α,β-unsaturated/α-hetero) is 1. The fourth-order valence-corrected chi connectivity index (χ4v) is 4.49. The molecule has 3 heterocycles. The van der Waals surface area contributed by atoms with Crippen LogP contribution in [0.3, 0.4) is 0 Å². The quantitative estimate of drug-likeness (QED) is 0.465. The van der Waals surface area contributed by atoms with Crippen LogP contribution in [0.25, 0.3) is 0 Å². The molecule has 0 saturated heterocycles. The molecule has 0 amide bonds. The number of nitrogens with zero attached hydrogens (tertiary/aromatic N) is 4. The Hall–Kier alpha value is -1.86. The lowest BCUT2D eigenvalue weighted by Gasteiger charge is -2.06. The number of carbonyl (C=O) groups excluding carboxylic acids is 1. The highest BCUT2D eigenvalue weighted by Gasteiger charge is 2.17. The number of ketones is 1. The van der Waals surface area contributed by atoms with Gasteiger partial charge in [-0.2, -0.15) is 0 Å². The van der Waals surface area contributed by atoms with Gasteiger partial charge in [0, 0.05) is 41.8 Å². The first kappa shape index (κ1) is 17.9. The van der Waals surface area contributed by atoms with Gasteiger partial charge in [-0.05, 0) is 38.3 Å². The number of rotatable bonds is 7. The third-order valence-corrected chi connectivity index (χ3v) is 6.26. The Kier molecular flexibility index (Phi) is 5.44. The average molecular weight is 375 g/mol. The van der Waals surface area contributed by atoms with E-state index in [2.05, 4.69) is 33.1 Å². The Morgan fingerprint density at radius 2 is 2.12 bits per heavy atom. The van der Waals surface area contributed by atoms with Gasteiger partial charge in [-0.25, -0.2) is 0 Å². The van der Waals surface area contributed by atoms with Crippen LogP contribution >= 0.6 is 23.1 Å². The fourth-order valence-electron chi connectivity index (χ4n) is 2.97. The molecule has 0 aliphatic carbocycles. The molecule has 3 aromatic heterocycles. The fraction of sp³-hybridized carbons (Fsp3) is 0.389. The Labute approximate surface area is 156 Å². The molecule has 5 nitrogen and oxygen atoms in total. The summed E-state index contributed by atoms with van der Waals surface area (Å²) in [6, 6.07) is 6.12. The van der Waals surface area contributed by atoms with Crippen molar-refractivity contribution in [3.05, 3.63) is 51.2 Å². The van der Waals surface area contributed by atoms with Gasteiger partial charge in [0.1, 0.15) is 5.82 Å². The maximum atomic E-state index is 12.6. The van der Waals surface area contributed by atoms with Gasteiger partial charge in [0.2, 0.25) is 0 Å². The Morgan fingerprint density at radius 1 is 1.32 bits per heavy atom. The zero-order chi connectivity index (χ0) is 18.0. The van der Waals surface area contributed by atoms with Crippen molar-refractivity contribution in [1.29, 1.82) is 0 Å². The lowest BCUT2D eigenvalue weighted by atomic mass is 10.2. The number of thiophene rings is 1. The highest BCUT2D eigenvalue weighted by atomic mass is 32.2. The summed E-state index contributed by atoms with van der Waals surface area (Å²) in [5.41, 5.74) is 2.99. The van der Waals surface area contributed by atoms with Crippen LogP contribution in [0.5, 0.6) is 0 Å². The second-order valence-electron chi connectivity index (χ2n) is 5.95. The number of carbonyl (C=O) groups is 1. The van der Waals surface area contributed by atoms with E-state index in [9.17, 15) is 4.79 Å². The van der Waals surface area contributed by atoms with E-state index >= 15 is 0 Å². The monoisotopic (exact) mass is 374 g/mol. The second kappa shape index (κ2) is 7.58. The summed E-state index contributed by atoms with van der Waals surface area (Å²) in [7, 11) is 1.96. The molecule has 3 rings (SSSR count). The Balaban J connectivity index is 1.68. The maximum Gasteiger partial charge on any atom is 0.191 e. The first-order valence-electron chi connectivity index (χ1n) is 8.24. The van der Waals surface area contributed by atoms with Gasteiger partial charge < -0.3 is 9.13 Å². The van der Waals surface area contributed by atoms with Crippen LogP contribution in [-0.2, 0) is 20.0 Å². The van der Waals surface area contributed by atoms with E-state index in [1.54, 1.807) is 11.3 Å². The third kappa shape index (κ3) is 3.72. The molecule has 0 bridgehead atoms. The van der Waals surface area contributed by atoms with Crippen molar-refractivity contribution < 1.29 is 4.79 Å². The van der Waals surface area contributed by atoms with Gasteiger partial charge in [-0.1, -0.05) is 17.8 Å². The van der Waals surface area contributed by atoms with E-state index in [0.29, 0.717) is 5.75 Å².